The van der Waals surface area contributed by atoms with Crippen molar-refractivity contribution < 1.29 is 0 Å². The van der Waals surface area contributed by atoms with E-state index in [-0.39, 0.29) is 6.04 Å². The van der Waals surface area contributed by atoms with Crippen LogP contribution in [0.3, 0.4) is 0 Å². The van der Waals surface area contributed by atoms with Crippen LogP contribution in [0.15, 0.2) is 10.7 Å². The van der Waals surface area contributed by atoms with E-state index >= 15 is 0 Å². The lowest BCUT2D eigenvalue weighted by Gasteiger charge is -2.22. The molecule has 1 aromatic heterocycles. The van der Waals surface area contributed by atoms with Crippen LogP contribution in [0.4, 0.5) is 0 Å². The Morgan fingerprint density at radius 2 is 2.06 bits per heavy atom. The maximum atomic E-state index is 6.32. The van der Waals surface area contributed by atoms with Crippen molar-refractivity contribution in [2.75, 3.05) is 0 Å². The van der Waals surface area contributed by atoms with Crippen molar-refractivity contribution in [2.24, 2.45) is 11.7 Å². The minimum Gasteiger partial charge on any atom is -0.322 e. The summed E-state index contributed by atoms with van der Waals surface area (Å²) < 4.78 is 3.04. The molecule has 0 aromatic carbocycles. The van der Waals surface area contributed by atoms with E-state index in [0.717, 1.165) is 16.6 Å². The molecule has 0 spiro atoms. The van der Waals surface area contributed by atoms with Gasteiger partial charge in [0.25, 0.3) is 0 Å². The summed E-state index contributed by atoms with van der Waals surface area (Å²) in [6, 6.07) is 0.403. The van der Waals surface area contributed by atoms with Crippen LogP contribution in [0, 0.1) is 5.92 Å². The Labute approximate surface area is 107 Å². The molecule has 0 saturated heterocycles. The third-order valence-electron chi connectivity index (χ3n) is 2.95. The van der Waals surface area contributed by atoms with Crippen LogP contribution in [-0.4, -0.2) is 9.78 Å². The zero-order valence-electron chi connectivity index (χ0n) is 10.6. The summed E-state index contributed by atoms with van der Waals surface area (Å²) in [5.41, 5.74) is 7.44. The maximum Gasteiger partial charge on any atom is 0.0699 e. The van der Waals surface area contributed by atoms with Crippen molar-refractivity contribution in [3.8, 4) is 0 Å². The van der Waals surface area contributed by atoms with E-state index in [0.29, 0.717) is 12.0 Å². The van der Waals surface area contributed by atoms with Gasteiger partial charge in [-0.3, -0.25) is 4.68 Å². The van der Waals surface area contributed by atoms with Crippen LogP contribution in [-0.2, 0) is 0 Å². The molecule has 1 heterocycles. The van der Waals surface area contributed by atoms with Gasteiger partial charge in [0, 0.05) is 6.04 Å². The van der Waals surface area contributed by atoms with Crippen molar-refractivity contribution in [3.63, 3.8) is 0 Å². The van der Waals surface area contributed by atoms with Gasteiger partial charge in [-0.25, -0.2) is 0 Å². The molecule has 0 aliphatic carbocycles. The van der Waals surface area contributed by atoms with Gasteiger partial charge in [0.05, 0.1) is 22.4 Å². The van der Waals surface area contributed by atoms with Gasteiger partial charge in [-0.2, -0.15) is 5.10 Å². The highest BCUT2D eigenvalue weighted by Crippen LogP contribution is 2.30. The Bertz CT molecular complexity index is 333. The smallest absolute Gasteiger partial charge is 0.0699 e. The zero-order valence-corrected chi connectivity index (χ0v) is 12.2. The van der Waals surface area contributed by atoms with Crippen LogP contribution in [0.2, 0.25) is 0 Å². The van der Waals surface area contributed by atoms with Gasteiger partial charge in [0.2, 0.25) is 0 Å². The highest BCUT2D eigenvalue weighted by molar-refractivity contribution is 9.10. The molecule has 2 N–H and O–H groups in total. The topological polar surface area (TPSA) is 43.8 Å². The largest absolute Gasteiger partial charge is 0.322 e. The summed E-state index contributed by atoms with van der Waals surface area (Å²) in [7, 11) is 0. The third-order valence-corrected chi connectivity index (χ3v) is 3.56. The molecule has 1 rings (SSSR count). The van der Waals surface area contributed by atoms with Crippen molar-refractivity contribution in [2.45, 2.75) is 52.6 Å². The number of rotatable bonds is 5. The molecule has 0 fully saturated rings. The first-order chi connectivity index (χ1) is 7.49. The summed E-state index contributed by atoms with van der Waals surface area (Å²) in [5, 5.41) is 4.37. The molecule has 0 saturated carbocycles. The van der Waals surface area contributed by atoms with E-state index in [2.05, 4.69) is 48.7 Å². The summed E-state index contributed by atoms with van der Waals surface area (Å²) >= 11 is 3.54. The molecule has 0 radical (unpaired) electrons. The van der Waals surface area contributed by atoms with Crippen molar-refractivity contribution >= 4 is 15.9 Å². The highest BCUT2D eigenvalue weighted by Gasteiger charge is 2.22. The van der Waals surface area contributed by atoms with Gasteiger partial charge < -0.3 is 5.73 Å². The van der Waals surface area contributed by atoms with Crippen molar-refractivity contribution in [1.29, 1.82) is 0 Å². The average molecular weight is 288 g/mol. The molecule has 3 nitrogen and oxygen atoms in total. The number of nitrogens with zero attached hydrogens (tertiary/aromatic N) is 2. The summed E-state index contributed by atoms with van der Waals surface area (Å²) in [6.07, 6.45) is 4.16. The Morgan fingerprint density at radius 1 is 1.44 bits per heavy atom. The van der Waals surface area contributed by atoms with Gasteiger partial charge in [-0.1, -0.05) is 20.3 Å². The first kappa shape index (κ1) is 13.7. The van der Waals surface area contributed by atoms with Crippen LogP contribution in [0.5, 0.6) is 0 Å². The van der Waals surface area contributed by atoms with E-state index in [4.69, 9.17) is 5.73 Å². The van der Waals surface area contributed by atoms with Crippen molar-refractivity contribution in [3.05, 3.63) is 16.4 Å². The molecule has 16 heavy (non-hydrogen) atoms. The lowest BCUT2D eigenvalue weighted by molar-refractivity contribution is 0.391. The van der Waals surface area contributed by atoms with Gasteiger partial charge in [0.1, 0.15) is 0 Å². The second-order valence-corrected chi connectivity index (χ2v) is 5.56. The SMILES string of the molecule is CCCC(C)C(N)c1c(Br)cnn1C(C)C. The standard InChI is InChI=1S/C12H22BrN3/c1-5-6-9(4)11(14)12-10(13)7-15-16(12)8(2)3/h7-9,11H,5-6,14H2,1-4H3. The second-order valence-electron chi connectivity index (χ2n) is 4.71. The number of halogens is 1. The van der Waals surface area contributed by atoms with Crippen molar-refractivity contribution in [1.82, 2.24) is 9.78 Å². The minimum absolute atomic E-state index is 0.0548. The minimum atomic E-state index is 0.0548. The molecule has 0 bridgehead atoms. The fourth-order valence-electron chi connectivity index (χ4n) is 1.98. The Hall–Kier alpha value is -0.350. The van der Waals surface area contributed by atoms with Gasteiger partial charge >= 0.3 is 0 Å². The van der Waals surface area contributed by atoms with E-state index in [1.807, 2.05) is 10.9 Å². The van der Waals surface area contributed by atoms with Crippen LogP contribution in [0.1, 0.15) is 58.3 Å². The second kappa shape index (κ2) is 5.82. The number of hydrogen-bond acceptors (Lipinski definition) is 2. The van der Waals surface area contributed by atoms with Crippen LogP contribution < -0.4 is 5.73 Å². The number of aromatic nitrogens is 2. The molecule has 0 aliphatic rings. The molecular formula is C12H22BrN3. The summed E-state index contributed by atoms with van der Waals surface area (Å²) in [5.74, 6) is 0.482. The maximum absolute atomic E-state index is 6.32. The normalized spacial score (nSPS) is 15.4. The Balaban J connectivity index is 2.97. The molecule has 0 amide bonds. The summed E-state index contributed by atoms with van der Waals surface area (Å²) in [6.45, 7) is 8.65. The fraction of sp³-hybridized carbons (Fsp3) is 0.750. The van der Waals surface area contributed by atoms with Gasteiger partial charge in [0.15, 0.2) is 0 Å². The molecule has 4 heteroatoms. The average Bonchev–Trinajstić information content (AvgIpc) is 2.59. The van der Waals surface area contributed by atoms with Gasteiger partial charge in [-0.15, -0.1) is 0 Å². The molecule has 2 unspecified atom stereocenters. The number of hydrogen-bond donors (Lipinski definition) is 1. The predicted molar refractivity (Wildman–Crippen MR) is 71.3 cm³/mol. The predicted octanol–water partition coefficient (Wildman–Crippen LogP) is 3.66. The highest BCUT2D eigenvalue weighted by atomic mass is 79.9. The quantitative estimate of drug-likeness (QED) is 0.898. The lowest BCUT2D eigenvalue weighted by atomic mass is 9.95. The van der Waals surface area contributed by atoms with E-state index < -0.39 is 0 Å². The molecule has 2 atom stereocenters. The van der Waals surface area contributed by atoms with E-state index in [1.54, 1.807) is 0 Å². The Morgan fingerprint density at radius 3 is 2.56 bits per heavy atom. The molecular weight excluding hydrogens is 266 g/mol. The monoisotopic (exact) mass is 287 g/mol. The molecule has 92 valence electrons. The van der Waals surface area contributed by atoms with Crippen LogP contribution >= 0.6 is 15.9 Å². The zero-order chi connectivity index (χ0) is 12.3. The first-order valence-electron chi connectivity index (χ1n) is 5.97. The first-order valence-corrected chi connectivity index (χ1v) is 6.76. The fourth-order valence-corrected chi connectivity index (χ4v) is 2.52. The molecule has 0 aliphatic heterocycles. The third kappa shape index (κ3) is 2.86. The summed E-state index contributed by atoms with van der Waals surface area (Å²) in [4.78, 5) is 0. The van der Waals surface area contributed by atoms with E-state index in [9.17, 15) is 0 Å². The Kier molecular flexibility index (Phi) is 4.99. The van der Waals surface area contributed by atoms with Crippen LogP contribution in [0.25, 0.3) is 0 Å². The molecule has 1 aromatic rings. The number of nitrogens with two attached hydrogens (primary N) is 1. The van der Waals surface area contributed by atoms with Gasteiger partial charge in [-0.05, 0) is 42.1 Å². The van der Waals surface area contributed by atoms with E-state index in [1.165, 1.54) is 6.42 Å². The lowest BCUT2D eigenvalue weighted by Crippen LogP contribution is -2.24.